The lowest BCUT2D eigenvalue weighted by molar-refractivity contribution is 1.28. The molecule has 0 aliphatic carbocycles. The van der Waals surface area contributed by atoms with Gasteiger partial charge >= 0.3 is 0 Å². The van der Waals surface area contributed by atoms with Crippen molar-refractivity contribution in [2.45, 2.75) is 3.92 Å². The van der Waals surface area contributed by atoms with Gasteiger partial charge in [-0.1, -0.05) is 53.5 Å². The highest BCUT2D eigenvalue weighted by Gasteiger charge is 2.01. The number of allylic oxidation sites excluding steroid dienone is 4. The van der Waals surface area contributed by atoms with Crippen LogP contribution in [-0.4, -0.2) is 0 Å². The van der Waals surface area contributed by atoms with E-state index in [4.69, 9.17) is 11.5 Å². The molecule has 0 heterocycles. The fourth-order valence-electron chi connectivity index (χ4n) is 1.12. The molecule has 0 radical (unpaired) electrons. The zero-order chi connectivity index (χ0) is 12.0. The largest absolute Gasteiger partial charge is 0.399 e. The summed E-state index contributed by atoms with van der Waals surface area (Å²) in [5, 5.41) is 0. The van der Waals surface area contributed by atoms with Crippen molar-refractivity contribution in [1.82, 2.24) is 0 Å². The van der Waals surface area contributed by atoms with Crippen molar-refractivity contribution in [1.29, 1.82) is 0 Å². The highest BCUT2D eigenvalue weighted by molar-refractivity contribution is 14.1. The van der Waals surface area contributed by atoms with Gasteiger partial charge in [0.25, 0.3) is 0 Å². The minimum Gasteiger partial charge on any atom is -0.399 e. The van der Waals surface area contributed by atoms with Crippen molar-refractivity contribution in [3.63, 3.8) is 0 Å². The summed E-state index contributed by atoms with van der Waals surface area (Å²) >= 11 is 2.35. The molecule has 0 amide bonds. The van der Waals surface area contributed by atoms with Crippen molar-refractivity contribution in [2.24, 2.45) is 5.73 Å². The van der Waals surface area contributed by atoms with Crippen LogP contribution in [0.2, 0.25) is 0 Å². The van der Waals surface area contributed by atoms with Gasteiger partial charge in [-0.25, -0.2) is 0 Å². The molecule has 0 fully saturated rings. The Morgan fingerprint density at radius 2 is 1.94 bits per heavy atom. The Hall–Kier alpha value is -1.23. The summed E-state index contributed by atoms with van der Waals surface area (Å²) in [4.78, 5) is 0. The average molecular weight is 326 g/mol. The fraction of sp³-hybridized carbons (Fsp3) is 0.0769. The van der Waals surface area contributed by atoms with Gasteiger partial charge < -0.3 is 11.5 Å². The molecular formula is C13H15IN2. The van der Waals surface area contributed by atoms with Crippen LogP contribution < -0.4 is 11.5 Å². The molecular weight excluding hydrogens is 311 g/mol. The van der Waals surface area contributed by atoms with Crippen molar-refractivity contribution in [3.8, 4) is 0 Å². The Labute approximate surface area is 110 Å². The molecule has 0 spiro atoms. The van der Waals surface area contributed by atoms with E-state index in [2.05, 4.69) is 35.2 Å². The number of hydrogen-bond donors (Lipinski definition) is 2. The number of halogens is 1. The minimum absolute atomic E-state index is 0.312. The standard InChI is InChI=1S/C13H15IN2/c1-2-11(15)4-3-5-13(14)10-6-8-12(16)9-7-10/h2-9,13H,1,15-16H2/b5-3+,11-4+. The molecule has 0 saturated carbocycles. The van der Waals surface area contributed by atoms with Gasteiger partial charge in [0, 0.05) is 11.4 Å². The first-order valence-corrected chi connectivity index (χ1v) is 6.14. The summed E-state index contributed by atoms with van der Waals surface area (Å²) in [6, 6.07) is 7.86. The maximum Gasteiger partial charge on any atom is 0.0542 e. The Morgan fingerprint density at radius 1 is 1.31 bits per heavy atom. The summed E-state index contributed by atoms with van der Waals surface area (Å²) in [5.74, 6) is 0. The van der Waals surface area contributed by atoms with E-state index in [0.717, 1.165) is 5.69 Å². The van der Waals surface area contributed by atoms with E-state index in [1.807, 2.05) is 36.4 Å². The number of nitrogen functional groups attached to an aromatic ring is 1. The van der Waals surface area contributed by atoms with Gasteiger partial charge in [-0.2, -0.15) is 0 Å². The number of anilines is 1. The average Bonchev–Trinajstić information content (AvgIpc) is 2.29. The van der Waals surface area contributed by atoms with E-state index in [9.17, 15) is 0 Å². The third kappa shape index (κ3) is 4.10. The smallest absolute Gasteiger partial charge is 0.0542 e. The maximum absolute atomic E-state index is 5.63. The van der Waals surface area contributed by atoms with Gasteiger partial charge in [0.1, 0.15) is 0 Å². The monoisotopic (exact) mass is 326 g/mol. The molecule has 1 aromatic rings. The lowest BCUT2D eigenvalue weighted by Crippen LogP contribution is -1.90. The van der Waals surface area contributed by atoms with E-state index in [-0.39, 0.29) is 0 Å². The highest BCUT2D eigenvalue weighted by atomic mass is 127. The second-order valence-electron chi connectivity index (χ2n) is 3.32. The molecule has 1 rings (SSSR count). The molecule has 0 aromatic heterocycles. The second kappa shape index (κ2) is 6.37. The van der Waals surface area contributed by atoms with Gasteiger partial charge in [0.05, 0.1) is 3.92 Å². The van der Waals surface area contributed by atoms with Crippen LogP contribution >= 0.6 is 22.6 Å². The van der Waals surface area contributed by atoms with Gasteiger partial charge in [0.2, 0.25) is 0 Å². The van der Waals surface area contributed by atoms with Crippen LogP contribution in [0.15, 0.2) is 60.8 Å². The minimum atomic E-state index is 0.312. The van der Waals surface area contributed by atoms with Gasteiger partial charge in [-0.05, 0) is 29.8 Å². The van der Waals surface area contributed by atoms with Gasteiger partial charge in [-0.3, -0.25) is 0 Å². The molecule has 84 valence electrons. The van der Waals surface area contributed by atoms with Crippen LogP contribution in [0.3, 0.4) is 0 Å². The number of alkyl halides is 1. The fourth-order valence-corrected chi connectivity index (χ4v) is 1.78. The molecule has 16 heavy (non-hydrogen) atoms. The maximum atomic E-state index is 5.63. The number of benzene rings is 1. The summed E-state index contributed by atoms with van der Waals surface area (Å²) in [7, 11) is 0. The van der Waals surface area contributed by atoms with Crippen LogP contribution in [0.5, 0.6) is 0 Å². The van der Waals surface area contributed by atoms with E-state index in [1.54, 1.807) is 6.08 Å². The highest BCUT2D eigenvalue weighted by Crippen LogP contribution is 2.25. The normalized spacial score (nSPS) is 13.9. The first kappa shape index (κ1) is 12.8. The molecule has 0 aliphatic heterocycles. The predicted octanol–water partition coefficient (Wildman–Crippen LogP) is 3.33. The zero-order valence-electron chi connectivity index (χ0n) is 8.94. The van der Waals surface area contributed by atoms with Gasteiger partial charge in [-0.15, -0.1) is 0 Å². The summed E-state index contributed by atoms with van der Waals surface area (Å²) in [6.07, 6.45) is 7.46. The third-order valence-electron chi connectivity index (χ3n) is 2.06. The van der Waals surface area contributed by atoms with Gasteiger partial charge in [0.15, 0.2) is 0 Å². The van der Waals surface area contributed by atoms with Crippen LogP contribution in [0.25, 0.3) is 0 Å². The lowest BCUT2D eigenvalue weighted by atomic mass is 10.1. The van der Waals surface area contributed by atoms with E-state index >= 15 is 0 Å². The molecule has 0 bridgehead atoms. The number of nitrogens with two attached hydrogens (primary N) is 2. The topological polar surface area (TPSA) is 52.0 Å². The zero-order valence-corrected chi connectivity index (χ0v) is 11.1. The van der Waals surface area contributed by atoms with Crippen LogP contribution in [0.1, 0.15) is 9.49 Å². The van der Waals surface area contributed by atoms with Crippen molar-refractivity contribution in [2.75, 3.05) is 5.73 Å². The molecule has 0 saturated heterocycles. The summed E-state index contributed by atoms with van der Waals surface area (Å²) in [5.41, 5.74) is 13.9. The second-order valence-corrected chi connectivity index (χ2v) is 4.67. The Bertz CT molecular complexity index is 404. The first-order chi connectivity index (χ1) is 7.63. The van der Waals surface area contributed by atoms with Crippen LogP contribution in [0.4, 0.5) is 5.69 Å². The molecule has 1 aromatic carbocycles. The summed E-state index contributed by atoms with van der Waals surface area (Å²) in [6.45, 7) is 3.58. The van der Waals surface area contributed by atoms with Crippen LogP contribution in [0, 0.1) is 0 Å². The third-order valence-corrected chi connectivity index (χ3v) is 3.19. The molecule has 0 aliphatic rings. The Morgan fingerprint density at radius 3 is 2.50 bits per heavy atom. The predicted molar refractivity (Wildman–Crippen MR) is 79.2 cm³/mol. The molecule has 1 atom stereocenters. The SMILES string of the molecule is C=C/C(N)=C\C=C\C(I)c1ccc(N)cc1. The van der Waals surface area contributed by atoms with Crippen LogP contribution in [-0.2, 0) is 0 Å². The van der Waals surface area contributed by atoms with E-state index in [0.29, 0.717) is 9.62 Å². The quantitative estimate of drug-likeness (QED) is 0.386. The van der Waals surface area contributed by atoms with Crippen molar-refractivity contribution < 1.29 is 0 Å². The summed E-state index contributed by atoms with van der Waals surface area (Å²) < 4.78 is 0.312. The molecule has 1 unspecified atom stereocenters. The molecule has 4 N–H and O–H groups in total. The Balaban J connectivity index is 2.68. The molecule has 2 nitrogen and oxygen atoms in total. The van der Waals surface area contributed by atoms with Crippen molar-refractivity contribution >= 4 is 28.3 Å². The number of hydrogen-bond acceptors (Lipinski definition) is 2. The Kier molecular flexibility index (Phi) is 5.11. The lowest BCUT2D eigenvalue weighted by Gasteiger charge is -2.04. The number of rotatable bonds is 4. The van der Waals surface area contributed by atoms with E-state index < -0.39 is 0 Å². The first-order valence-electron chi connectivity index (χ1n) is 4.89. The van der Waals surface area contributed by atoms with E-state index in [1.165, 1.54) is 5.56 Å². The van der Waals surface area contributed by atoms with Crippen molar-refractivity contribution in [3.05, 3.63) is 66.4 Å². The molecule has 3 heteroatoms.